The number of carbonyl (C=O) groups excluding carboxylic acids is 1. The molecule has 0 saturated heterocycles. The number of rotatable bonds is 6. The molecule has 3 nitrogen and oxygen atoms in total. The maximum absolute atomic E-state index is 12.2. The van der Waals surface area contributed by atoms with Crippen LogP contribution in [-0.2, 0) is 0 Å². The van der Waals surface area contributed by atoms with E-state index < -0.39 is 0 Å². The summed E-state index contributed by atoms with van der Waals surface area (Å²) in [6.07, 6.45) is 5.37. The topological polar surface area (TPSA) is 44.9 Å². The molecule has 1 heterocycles. The van der Waals surface area contributed by atoms with Crippen LogP contribution in [0.4, 0.5) is 0 Å². The quantitative estimate of drug-likeness (QED) is 0.802. The molecule has 0 radical (unpaired) electrons. The van der Waals surface area contributed by atoms with Crippen LogP contribution < -0.4 is 5.32 Å². The number of amides is 1. The summed E-state index contributed by atoms with van der Waals surface area (Å²) in [4.78, 5) is 15.4. The molecule has 2 rings (SSSR count). The van der Waals surface area contributed by atoms with Gasteiger partial charge >= 0.3 is 0 Å². The minimum atomic E-state index is 0.00178. The number of carbonyl (C=O) groups is 1. The first kappa shape index (κ1) is 15.1. The summed E-state index contributed by atoms with van der Waals surface area (Å²) < 4.78 is 1.01. The van der Waals surface area contributed by atoms with Gasteiger partial charge in [-0.1, -0.05) is 48.7 Å². The van der Waals surface area contributed by atoms with E-state index in [1.54, 1.807) is 6.20 Å². The Kier molecular flexibility index (Phi) is 5.24. The van der Waals surface area contributed by atoms with E-state index in [4.69, 9.17) is 0 Å². The normalized spacial score (nSPS) is 12.6. The molecule has 0 fully saturated rings. The fraction of sp³-hybridized carbons (Fsp3) is 0.438. The molecule has 0 aliphatic rings. The second-order valence-corrected chi connectivity index (χ2v) is 6.27. The predicted molar refractivity (Wildman–Crippen MR) is 87.0 cm³/mol. The third-order valence-electron chi connectivity index (χ3n) is 3.55. The predicted octanol–water partition coefficient (Wildman–Crippen LogP) is 4.49. The number of halogens is 1. The third kappa shape index (κ3) is 3.63. The van der Waals surface area contributed by atoms with E-state index in [2.05, 4.69) is 40.1 Å². The second kappa shape index (κ2) is 6.93. The average molecular weight is 337 g/mol. The Bertz CT molecular complexity index is 591. The molecule has 1 atom stereocenters. The number of hydrogen-bond acceptors (Lipinski definition) is 1. The summed E-state index contributed by atoms with van der Waals surface area (Å²) in [7, 11) is 0. The number of hydrogen-bond donors (Lipinski definition) is 2. The largest absolute Gasteiger partial charge is 0.360 e. The number of H-pyrrole nitrogens is 1. The van der Waals surface area contributed by atoms with Crippen molar-refractivity contribution in [1.29, 1.82) is 0 Å². The first-order valence-corrected chi connectivity index (χ1v) is 7.96. The van der Waals surface area contributed by atoms with Gasteiger partial charge in [0, 0.05) is 28.1 Å². The fourth-order valence-electron chi connectivity index (χ4n) is 2.30. The highest BCUT2D eigenvalue weighted by Gasteiger charge is 2.12. The van der Waals surface area contributed by atoms with Crippen LogP contribution in [0.25, 0.3) is 10.9 Å². The minimum Gasteiger partial charge on any atom is -0.360 e. The van der Waals surface area contributed by atoms with Crippen LogP contribution in [0, 0.1) is 5.92 Å². The average Bonchev–Trinajstić information content (AvgIpc) is 2.85. The first-order chi connectivity index (χ1) is 9.61. The maximum atomic E-state index is 12.2. The molecule has 0 aliphatic heterocycles. The van der Waals surface area contributed by atoms with Crippen molar-refractivity contribution in [3.63, 3.8) is 0 Å². The molecule has 2 aromatic rings. The Morgan fingerprint density at radius 2 is 2.25 bits per heavy atom. The SMILES string of the molecule is CCCC[C@H](C)CNC(=O)c1c[nH]c2cc(Br)ccc12. The zero-order chi connectivity index (χ0) is 14.5. The van der Waals surface area contributed by atoms with Gasteiger partial charge < -0.3 is 10.3 Å². The van der Waals surface area contributed by atoms with Crippen molar-refractivity contribution in [2.75, 3.05) is 6.54 Å². The molecule has 0 spiro atoms. The van der Waals surface area contributed by atoms with Crippen molar-refractivity contribution < 1.29 is 4.79 Å². The highest BCUT2D eigenvalue weighted by molar-refractivity contribution is 9.10. The lowest BCUT2D eigenvalue weighted by Crippen LogP contribution is -2.28. The summed E-state index contributed by atoms with van der Waals surface area (Å²) in [6.45, 7) is 5.11. The molecule has 4 heteroatoms. The van der Waals surface area contributed by atoms with E-state index in [1.807, 2.05) is 18.2 Å². The molecule has 1 aromatic carbocycles. The minimum absolute atomic E-state index is 0.00178. The van der Waals surface area contributed by atoms with Crippen LogP contribution in [0.3, 0.4) is 0 Å². The second-order valence-electron chi connectivity index (χ2n) is 5.35. The van der Waals surface area contributed by atoms with E-state index in [-0.39, 0.29) is 5.91 Å². The maximum Gasteiger partial charge on any atom is 0.253 e. The van der Waals surface area contributed by atoms with Gasteiger partial charge in [0.25, 0.3) is 5.91 Å². The number of nitrogens with one attached hydrogen (secondary N) is 2. The summed E-state index contributed by atoms with van der Waals surface area (Å²) >= 11 is 3.43. The zero-order valence-electron chi connectivity index (χ0n) is 12.0. The lowest BCUT2D eigenvalue weighted by Gasteiger charge is -2.11. The van der Waals surface area contributed by atoms with Crippen molar-refractivity contribution in [3.05, 3.63) is 34.4 Å². The van der Waals surface area contributed by atoms with Crippen molar-refractivity contribution in [3.8, 4) is 0 Å². The molecule has 20 heavy (non-hydrogen) atoms. The Hall–Kier alpha value is -1.29. The zero-order valence-corrected chi connectivity index (χ0v) is 13.6. The van der Waals surface area contributed by atoms with E-state index in [9.17, 15) is 4.79 Å². The Balaban J connectivity index is 2.01. The fourth-order valence-corrected chi connectivity index (χ4v) is 2.66. The molecule has 1 aromatic heterocycles. The van der Waals surface area contributed by atoms with Gasteiger partial charge in [0.1, 0.15) is 0 Å². The van der Waals surface area contributed by atoms with Crippen LogP contribution in [-0.4, -0.2) is 17.4 Å². The van der Waals surface area contributed by atoms with Gasteiger partial charge in [-0.15, -0.1) is 0 Å². The van der Waals surface area contributed by atoms with Gasteiger partial charge in [-0.25, -0.2) is 0 Å². The van der Waals surface area contributed by atoms with Gasteiger partial charge in [-0.05, 0) is 24.5 Å². The number of aromatic amines is 1. The molecule has 0 saturated carbocycles. The number of benzene rings is 1. The number of aromatic nitrogens is 1. The molecule has 1 amide bonds. The molecular weight excluding hydrogens is 316 g/mol. The van der Waals surface area contributed by atoms with Gasteiger partial charge in [-0.3, -0.25) is 4.79 Å². The third-order valence-corrected chi connectivity index (χ3v) is 4.04. The standard InChI is InChI=1S/C16H21BrN2O/c1-3-4-5-11(2)9-19-16(20)14-10-18-15-8-12(17)6-7-13(14)15/h6-8,10-11,18H,3-5,9H2,1-2H3,(H,19,20)/t11-/m0/s1. The lowest BCUT2D eigenvalue weighted by molar-refractivity contribution is 0.0949. The van der Waals surface area contributed by atoms with Crippen LogP contribution in [0.5, 0.6) is 0 Å². The van der Waals surface area contributed by atoms with Crippen molar-refractivity contribution in [1.82, 2.24) is 10.3 Å². The summed E-state index contributed by atoms with van der Waals surface area (Å²) in [5, 5.41) is 3.99. The van der Waals surface area contributed by atoms with Crippen molar-refractivity contribution >= 4 is 32.7 Å². The molecule has 0 unspecified atom stereocenters. The summed E-state index contributed by atoms with van der Waals surface area (Å²) in [5.74, 6) is 0.528. The Morgan fingerprint density at radius 1 is 1.45 bits per heavy atom. The van der Waals surface area contributed by atoms with Crippen molar-refractivity contribution in [2.24, 2.45) is 5.92 Å². The first-order valence-electron chi connectivity index (χ1n) is 7.16. The summed E-state index contributed by atoms with van der Waals surface area (Å²) in [6, 6.07) is 5.90. The number of fused-ring (bicyclic) bond motifs is 1. The van der Waals surface area contributed by atoms with E-state index >= 15 is 0 Å². The van der Waals surface area contributed by atoms with Crippen LogP contribution >= 0.6 is 15.9 Å². The summed E-state index contributed by atoms with van der Waals surface area (Å²) in [5.41, 5.74) is 1.69. The smallest absolute Gasteiger partial charge is 0.253 e. The van der Waals surface area contributed by atoms with Gasteiger partial charge in [0.15, 0.2) is 0 Å². The highest BCUT2D eigenvalue weighted by Crippen LogP contribution is 2.22. The van der Waals surface area contributed by atoms with E-state index in [0.29, 0.717) is 5.92 Å². The molecular formula is C16H21BrN2O. The molecule has 0 aliphatic carbocycles. The molecule has 108 valence electrons. The van der Waals surface area contributed by atoms with Gasteiger partial charge in [0.05, 0.1) is 5.56 Å². The van der Waals surface area contributed by atoms with E-state index in [1.165, 1.54) is 12.8 Å². The van der Waals surface area contributed by atoms with Gasteiger partial charge in [-0.2, -0.15) is 0 Å². The molecule has 2 N–H and O–H groups in total. The Labute approximate surface area is 128 Å². The number of unbranched alkanes of at least 4 members (excludes halogenated alkanes) is 1. The van der Waals surface area contributed by atoms with E-state index in [0.717, 1.165) is 33.9 Å². The van der Waals surface area contributed by atoms with Crippen LogP contribution in [0.15, 0.2) is 28.9 Å². The van der Waals surface area contributed by atoms with Crippen molar-refractivity contribution in [2.45, 2.75) is 33.1 Å². The highest BCUT2D eigenvalue weighted by atomic mass is 79.9. The monoisotopic (exact) mass is 336 g/mol. The van der Waals surface area contributed by atoms with Crippen LogP contribution in [0.1, 0.15) is 43.5 Å². The molecule has 0 bridgehead atoms. The van der Waals surface area contributed by atoms with Crippen LogP contribution in [0.2, 0.25) is 0 Å². The Morgan fingerprint density at radius 3 is 3.00 bits per heavy atom. The lowest BCUT2D eigenvalue weighted by atomic mass is 10.0. The van der Waals surface area contributed by atoms with Gasteiger partial charge in [0.2, 0.25) is 0 Å².